The molecule has 0 saturated heterocycles. The van der Waals surface area contributed by atoms with Gasteiger partial charge in [0, 0.05) is 6.07 Å². The number of esters is 1. The molecule has 2 unspecified atom stereocenters. The zero-order valence-corrected chi connectivity index (χ0v) is 11.2. The minimum Gasteiger partial charge on any atom is -0.464 e. The van der Waals surface area contributed by atoms with Crippen molar-refractivity contribution in [1.82, 2.24) is 0 Å². The number of alkyl halides is 3. The molecular formula is C12H12F3NO6. The Morgan fingerprint density at radius 3 is 2.45 bits per heavy atom. The van der Waals surface area contributed by atoms with Crippen molar-refractivity contribution in [3.8, 4) is 0 Å². The van der Waals surface area contributed by atoms with Crippen LogP contribution in [0.2, 0.25) is 0 Å². The molecule has 0 aliphatic carbocycles. The lowest BCUT2D eigenvalue weighted by Crippen LogP contribution is -2.30. The van der Waals surface area contributed by atoms with Gasteiger partial charge in [0.2, 0.25) is 0 Å². The maximum absolute atomic E-state index is 12.5. The first-order valence-electron chi connectivity index (χ1n) is 5.97. The number of rotatable bonds is 5. The molecule has 0 saturated carbocycles. The number of benzene rings is 1. The van der Waals surface area contributed by atoms with Crippen molar-refractivity contribution in [2.45, 2.75) is 25.3 Å². The summed E-state index contributed by atoms with van der Waals surface area (Å²) < 4.78 is 42.1. The highest BCUT2D eigenvalue weighted by atomic mass is 19.4. The van der Waals surface area contributed by atoms with Crippen LogP contribution in [0.4, 0.5) is 18.9 Å². The van der Waals surface area contributed by atoms with E-state index in [0.29, 0.717) is 12.1 Å². The first-order valence-corrected chi connectivity index (χ1v) is 5.97. The lowest BCUT2D eigenvalue weighted by Gasteiger charge is -2.17. The third-order valence-corrected chi connectivity index (χ3v) is 2.70. The van der Waals surface area contributed by atoms with Crippen molar-refractivity contribution in [2.75, 3.05) is 6.61 Å². The van der Waals surface area contributed by atoms with Gasteiger partial charge in [-0.2, -0.15) is 13.2 Å². The predicted molar refractivity (Wildman–Crippen MR) is 65.7 cm³/mol. The predicted octanol–water partition coefficient (Wildman–Crippen LogP) is 1.57. The summed E-state index contributed by atoms with van der Waals surface area (Å²) in [5.41, 5.74) is -2.98. The molecule has 7 nitrogen and oxygen atoms in total. The van der Waals surface area contributed by atoms with Crippen LogP contribution in [0.25, 0.3) is 0 Å². The van der Waals surface area contributed by atoms with E-state index in [4.69, 9.17) is 0 Å². The van der Waals surface area contributed by atoms with E-state index in [-0.39, 0.29) is 12.7 Å². The number of carbonyl (C=O) groups excluding carboxylic acids is 1. The van der Waals surface area contributed by atoms with Crippen LogP contribution in [0.5, 0.6) is 0 Å². The summed E-state index contributed by atoms with van der Waals surface area (Å²) in [5.74, 6) is -1.25. The Labute approximate surface area is 122 Å². The van der Waals surface area contributed by atoms with Gasteiger partial charge in [0.1, 0.15) is 6.10 Å². The number of ether oxygens (including phenoxy) is 1. The molecule has 2 N–H and O–H groups in total. The van der Waals surface area contributed by atoms with Crippen molar-refractivity contribution >= 4 is 11.7 Å². The van der Waals surface area contributed by atoms with Gasteiger partial charge in [0.15, 0.2) is 6.10 Å². The van der Waals surface area contributed by atoms with Crippen LogP contribution in [-0.2, 0) is 15.7 Å². The van der Waals surface area contributed by atoms with Crippen molar-refractivity contribution in [3.05, 3.63) is 39.4 Å². The van der Waals surface area contributed by atoms with Gasteiger partial charge in [-0.25, -0.2) is 4.79 Å². The van der Waals surface area contributed by atoms with E-state index in [2.05, 4.69) is 4.74 Å². The largest absolute Gasteiger partial charge is 0.464 e. The third kappa shape index (κ3) is 3.92. The number of hydrogen-bond donors (Lipinski definition) is 2. The molecule has 1 aromatic carbocycles. The van der Waals surface area contributed by atoms with Crippen LogP contribution < -0.4 is 0 Å². The zero-order valence-electron chi connectivity index (χ0n) is 11.2. The molecule has 0 spiro atoms. The number of nitro benzene ring substituents is 1. The molecule has 122 valence electrons. The molecule has 0 heterocycles. The highest BCUT2D eigenvalue weighted by Crippen LogP contribution is 2.35. The average Bonchev–Trinajstić information content (AvgIpc) is 2.44. The van der Waals surface area contributed by atoms with Gasteiger partial charge in [-0.05, 0) is 19.1 Å². The Morgan fingerprint density at radius 1 is 1.41 bits per heavy atom. The van der Waals surface area contributed by atoms with Gasteiger partial charge in [-0.1, -0.05) is 0 Å². The van der Waals surface area contributed by atoms with Crippen LogP contribution in [-0.4, -0.2) is 33.8 Å². The third-order valence-electron chi connectivity index (χ3n) is 2.70. The molecule has 0 bridgehead atoms. The smallest absolute Gasteiger partial charge is 0.416 e. The number of carbonyl (C=O) groups is 1. The minimum absolute atomic E-state index is 0.113. The lowest BCUT2D eigenvalue weighted by molar-refractivity contribution is -0.386. The van der Waals surface area contributed by atoms with Crippen molar-refractivity contribution in [1.29, 1.82) is 0 Å². The fraction of sp³-hybridized carbons (Fsp3) is 0.417. The summed E-state index contributed by atoms with van der Waals surface area (Å²) in [7, 11) is 0. The average molecular weight is 323 g/mol. The van der Waals surface area contributed by atoms with Gasteiger partial charge >= 0.3 is 12.1 Å². The molecule has 0 amide bonds. The summed E-state index contributed by atoms with van der Waals surface area (Å²) in [6, 6.07) is 1.36. The number of halogens is 3. The highest BCUT2D eigenvalue weighted by Gasteiger charge is 2.36. The number of aliphatic hydroxyl groups excluding tert-OH is 2. The van der Waals surface area contributed by atoms with E-state index in [1.165, 1.54) is 6.92 Å². The number of nitrogens with zero attached hydrogens (tertiary/aromatic N) is 1. The molecular weight excluding hydrogens is 311 g/mol. The quantitative estimate of drug-likeness (QED) is 0.483. The Hall–Kier alpha value is -2.20. The molecule has 22 heavy (non-hydrogen) atoms. The first-order chi connectivity index (χ1) is 10.1. The van der Waals surface area contributed by atoms with Crippen LogP contribution >= 0.6 is 0 Å². The minimum atomic E-state index is -4.81. The maximum atomic E-state index is 12.5. The maximum Gasteiger partial charge on any atom is 0.416 e. The lowest BCUT2D eigenvalue weighted by atomic mass is 10.00. The Bertz CT molecular complexity index is 574. The number of hydrogen-bond acceptors (Lipinski definition) is 6. The van der Waals surface area contributed by atoms with Gasteiger partial charge in [-0.15, -0.1) is 0 Å². The first kappa shape index (κ1) is 17.9. The van der Waals surface area contributed by atoms with Crippen LogP contribution in [0.3, 0.4) is 0 Å². The Morgan fingerprint density at radius 2 is 2.00 bits per heavy atom. The molecule has 10 heteroatoms. The summed E-state index contributed by atoms with van der Waals surface area (Å²) in [6.45, 7) is 1.31. The topological polar surface area (TPSA) is 110 Å². The van der Waals surface area contributed by atoms with E-state index in [1.54, 1.807) is 0 Å². The second-order valence-electron chi connectivity index (χ2n) is 4.17. The molecule has 0 aliphatic heterocycles. The van der Waals surface area contributed by atoms with Gasteiger partial charge in [0.05, 0.1) is 22.7 Å². The number of aliphatic hydroxyl groups is 2. The fourth-order valence-electron chi connectivity index (χ4n) is 1.65. The summed E-state index contributed by atoms with van der Waals surface area (Å²) in [5, 5.41) is 30.2. The molecule has 2 atom stereocenters. The van der Waals surface area contributed by atoms with Crippen LogP contribution in [0.15, 0.2) is 18.2 Å². The van der Waals surface area contributed by atoms with Crippen molar-refractivity contribution in [3.63, 3.8) is 0 Å². The van der Waals surface area contributed by atoms with E-state index in [1.807, 2.05) is 0 Å². The molecule has 0 radical (unpaired) electrons. The van der Waals surface area contributed by atoms with Crippen LogP contribution in [0.1, 0.15) is 24.2 Å². The van der Waals surface area contributed by atoms with Gasteiger partial charge in [-0.3, -0.25) is 10.1 Å². The van der Waals surface area contributed by atoms with E-state index in [9.17, 15) is 38.3 Å². The van der Waals surface area contributed by atoms with E-state index < -0.39 is 46.1 Å². The standard InChI is InChI=1S/C12H12F3NO6/c1-2-22-11(19)10(18)9(17)7-4-3-6(12(13,14)15)5-8(7)16(20)21/h3-5,9-10,17-18H,2H2,1H3. The Kier molecular flexibility index (Phi) is 5.44. The molecule has 0 aromatic heterocycles. The highest BCUT2D eigenvalue weighted by molar-refractivity contribution is 5.75. The van der Waals surface area contributed by atoms with E-state index in [0.717, 1.165) is 0 Å². The number of nitro groups is 1. The Balaban J connectivity index is 3.24. The molecule has 1 rings (SSSR count). The van der Waals surface area contributed by atoms with Gasteiger partial charge in [0.25, 0.3) is 5.69 Å². The fourth-order valence-corrected chi connectivity index (χ4v) is 1.65. The van der Waals surface area contributed by atoms with Gasteiger partial charge < -0.3 is 14.9 Å². The van der Waals surface area contributed by atoms with Crippen LogP contribution in [0, 0.1) is 10.1 Å². The summed E-state index contributed by atoms with van der Waals surface area (Å²) in [4.78, 5) is 21.0. The zero-order chi connectivity index (χ0) is 17.1. The SMILES string of the molecule is CCOC(=O)C(O)C(O)c1ccc(C(F)(F)F)cc1[N+](=O)[O-]. The van der Waals surface area contributed by atoms with Crippen molar-refractivity contribution in [2.24, 2.45) is 0 Å². The second-order valence-corrected chi connectivity index (χ2v) is 4.17. The monoisotopic (exact) mass is 323 g/mol. The van der Waals surface area contributed by atoms with Crippen molar-refractivity contribution < 1.29 is 37.8 Å². The summed E-state index contributed by atoms with van der Waals surface area (Å²) in [6.07, 6.45) is -9.06. The molecule has 0 fully saturated rings. The molecule has 1 aromatic rings. The van der Waals surface area contributed by atoms with E-state index >= 15 is 0 Å². The molecule has 0 aliphatic rings. The second kappa shape index (κ2) is 6.71. The summed E-state index contributed by atoms with van der Waals surface area (Å²) >= 11 is 0. The normalized spacial score (nSPS) is 14.3.